The van der Waals surface area contributed by atoms with E-state index in [0.29, 0.717) is 0 Å². The highest BCUT2D eigenvalue weighted by Gasteiger charge is 2.34. The van der Waals surface area contributed by atoms with E-state index in [1.807, 2.05) is 0 Å². The van der Waals surface area contributed by atoms with Gasteiger partial charge in [0.05, 0.1) is 26.3 Å². The number of hydrogen-bond acceptors (Lipinski definition) is 7. The number of hydrogen-bond donors (Lipinski definition) is 2. The van der Waals surface area contributed by atoms with E-state index in [-0.39, 0.29) is 26.3 Å². The Kier molecular flexibility index (Phi) is 4.47. The Hall–Kier alpha value is -1.18. The van der Waals surface area contributed by atoms with Gasteiger partial charge in [0.1, 0.15) is 0 Å². The maximum Gasteiger partial charge on any atom is 0.320 e. The summed E-state index contributed by atoms with van der Waals surface area (Å²) in [6.45, 7) is -0.0232. The second-order valence-corrected chi connectivity index (χ2v) is 3.00. The third-order valence-electron chi connectivity index (χ3n) is 1.88. The van der Waals surface area contributed by atoms with Crippen molar-refractivity contribution in [3.05, 3.63) is 0 Å². The molecule has 1 saturated heterocycles. The topological polar surface area (TPSA) is 114 Å². The van der Waals surface area contributed by atoms with Crippen molar-refractivity contribution in [2.75, 3.05) is 26.3 Å². The molecule has 2 unspecified atom stereocenters. The van der Waals surface area contributed by atoms with Crippen molar-refractivity contribution in [1.29, 1.82) is 0 Å². The van der Waals surface area contributed by atoms with Crippen molar-refractivity contribution >= 4 is 11.9 Å². The molecule has 15 heavy (non-hydrogen) atoms. The minimum Gasteiger partial charge on any atom is -0.455 e. The number of esters is 2. The van der Waals surface area contributed by atoms with E-state index >= 15 is 0 Å². The normalized spacial score (nSPS) is 24.9. The van der Waals surface area contributed by atoms with Gasteiger partial charge in [0.15, 0.2) is 12.2 Å². The van der Waals surface area contributed by atoms with Gasteiger partial charge >= 0.3 is 11.9 Å². The molecule has 0 aliphatic carbocycles. The quantitative estimate of drug-likeness (QED) is 0.512. The van der Waals surface area contributed by atoms with Gasteiger partial charge in [-0.15, -0.1) is 0 Å². The molecule has 1 aliphatic rings. The van der Waals surface area contributed by atoms with Crippen molar-refractivity contribution < 1.29 is 23.8 Å². The Balaban J connectivity index is 2.42. The predicted molar refractivity (Wildman–Crippen MR) is 48.7 cm³/mol. The smallest absolute Gasteiger partial charge is 0.320 e. The minimum absolute atomic E-state index is 0.203. The fraction of sp³-hybridized carbons (Fsp3) is 0.750. The number of rotatable bonds is 4. The van der Waals surface area contributed by atoms with Crippen LogP contribution in [0.1, 0.15) is 0 Å². The summed E-state index contributed by atoms with van der Waals surface area (Å²) >= 11 is 0. The van der Waals surface area contributed by atoms with E-state index in [2.05, 4.69) is 0 Å². The summed E-state index contributed by atoms with van der Waals surface area (Å²) in [4.78, 5) is 21.8. The zero-order valence-corrected chi connectivity index (χ0v) is 8.18. The molecule has 0 amide bonds. The third-order valence-corrected chi connectivity index (χ3v) is 1.88. The molecule has 1 heterocycles. The fourth-order valence-electron chi connectivity index (χ4n) is 1.17. The van der Waals surface area contributed by atoms with Crippen LogP contribution in [-0.2, 0) is 23.8 Å². The Morgan fingerprint density at radius 2 is 1.47 bits per heavy atom. The maximum absolute atomic E-state index is 10.9. The molecule has 0 spiro atoms. The van der Waals surface area contributed by atoms with Crippen LogP contribution in [0.5, 0.6) is 0 Å². The molecule has 0 saturated carbocycles. The van der Waals surface area contributed by atoms with Crippen molar-refractivity contribution in [2.45, 2.75) is 12.2 Å². The Bertz CT molecular complexity index is 221. The summed E-state index contributed by atoms with van der Waals surface area (Å²) < 4.78 is 14.8. The summed E-state index contributed by atoms with van der Waals surface area (Å²) in [6.07, 6.45) is -1.17. The Morgan fingerprint density at radius 1 is 1.07 bits per heavy atom. The zero-order chi connectivity index (χ0) is 11.3. The maximum atomic E-state index is 10.9. The monoisotopic (exact) mass is 218 g/mol. The molecule has 7 nitrogen and oxygen atoms in total. The van der Waals surface area contributed by atoms with E-state index in [4.69, 9.17) is 25.7 Å². The van der Waals surface area contributed by atoms with Gasteiger partial charge in [-0.3, -0.25) is 9.59 Å². The third kappa shape index (κ3) is 3.46. The summed E-state index contributed by atoms with van der Waals surface area (Å²) in [5.74, 6) is -1.11. The molecule has 1 aliphatic heterocycles. The fourth-order valence-corrected chi connectivity index (χ4v) is 1.17. The number of ether oxygens (including phenoxy) is 3. The molecule has 86 valence electrons. The molecular weight excluding hydrogens is 204 g/mol. The second-order valence-electron chi connectivity index (χ2n) is 3.00. The summed E-state index contributed by atoms with van der Waals surface area (Å²) in [5, 5.41) is 0. The number of nitrogens with two attached hydrogens (primary N) is 2. The number of carbonyl (C=O) groups excluding carboxylic acids is 2. The first-order valence-corrected chi connectivity index (χ1v) is 4.54. The Labute approximate surface area is 86.6 Å². The first-order valence-electron chi connectivity index (χ1n) is 4.54. The first kappa shape index (κ1) is 11.9. The van der Waals surface area contributed by atoms with E-state index < -0.39 is 24.1 Å². The van der Waals surface area contributed by atoms with Crippen LogP contribution in [0.25, 0.3) is 0 Å². The van der Waals surface area contributed by atoms with Gasteiger partial charge in [-0.2, -0.15) is 0 Å². The van der Waals surface area contributed by atoms with Gasteiger partial charge < -0.3 is 25.7 Å². The molecule has 0 bridgehead atoms. The standard InChI is InChI=1S/C8H14N2O5/c9-1-7(11)14-5-3-13-4-6(5)15-8(12)2-10/h5-6H,1-4,9-10H2. The summed E-state index contributed by atoms with van der Waals surface area (Å²) in [6, 6.07) is 0. The molecular formula is C8H14N2O5. The zero-order valence-electron chi connectivity index (χ0n) is 8.18. The van der Waals surface area contributed by atoms with Gasteiger partial charge in [-0.1, -0.05) is 0 Å². The summed E-state index contributed by atoms with van der Waals surface area (Å²) in [7, 11) is 0. The van der Waals surface area contributed by atoms with Crippen LogP contribution < -0.4 is 11.5 Å². The van der Waals surface area contributed by atoms with Gasteiger partial charge in [0.25, 0.3) is 0 Å². The Morgan fingerprint density at radius 3 is 1.80 bits per heavy atom. The highest BCUT2D eigenvalue weighted by atomic mass is 16.6. The minimum atomic E-state index is -0.587. The molecule has 2 atom stereocenters. The lowest BCUT2D eigenvalue weighted by atomic mass is 10.2. The molecule has 0 aromatic heterocycles. The lowest BCUT2D eigenvalue weighted by molar-refractivity contribution is -0.161. The van der Waals surface area contributed by atoms with Crippen molar-refractivity contribution in [3.8, 4) is 0 Å². The van der Waals surface area contributed by atoms with Crippen molar-refractivity contribution in [1.82, 2.24) is 0 Å². The molecule has 7 heteroatoms. The van der Waals surface area contributed by atoms with E-state index in [1.54, 1.807) is 0 Å². The highest BCUT2D eigenvalue weighted by Crippen LogP contribution is 2.13. The van der Waals surface area contributed by atoms with Crippen LogP contribution in [-0.4, -0.2) is 50.4 Å². The molecule has 0 radical (unpaired) electrons. The van der Waals surface area contributed by atoms with Crippen LogP contribution in [0.4, 0.5) is 0 Å². The van der Waals surface area contributed by atoms with Gasteiger partial charge in [-0.05, 0) is 0 Å². The van der Waals surface area contributed by atoms with Crippen LogP contribution >= 0.6 is 0 Å². The van der Waals surface area contributed by atoms with Gasteiger partial charge in [0, 0.05) is 0 Å². The SMILES string of the molecule is NCC(=O)OC1COCC1OC(=O)CN. The first-order chi connectivity index (χ1) is 7.17. The van der Waals surface area contributed by atoms with Crippen molar-refractivity contribution in [3.63, 3.8) is 0 Å². The van der Waals surface area contributed by atoms with Gasteiger partial charge in [-0.25, -0.2) is 0 Å². The average Bonchev–Trinajstić information content (AvgIpc) is 2.65. The summed E-state index contributed by atoms with van der Waals surface area (Å²) in [5.41, 5.74) is 10.2. The van der Waals surface area contributed by atoms with Crippen LogP contribution in [0, 0.1) is 0 Å². The lowest BCUT2D eigenvalue weighted by Gasteiger charge is -2.17. The highest BCUT2D eigenvalue weighted by molar-refractivity contribution is 5.72. The number of carbonyl (C=O) groups is 2. The van der Waals surface area contributed by atoms with Crippen molar-refractivity contribution in [2.24, 2.45) is 11.5 Å². The predicted octanol–water partition coefficient (Wildman–Crippen LogP) is -2.24. The van der Waals surface area contributed by atoms with Crippen LogP contribution in [0.15, 0.2) is 0 Å². The molecule has 1 fully saturated rings. The van der Waals surface area contributed by atoms with E-state index in [1.165, 1.54) is 0 Å². The van der Waals surface area contributed by atoms with E-state index in [9.17, 15) is 9.59 Å². The van der Waals surface area contributed by atoms with Gasteiger partial charge in [0.2, 0.25) is 0 Å². The molecule has 0 aromatic carbocycles. The molecule has 0 aromatic rings. The molecule has 4 N–H and O–H groups in total. The molecule has 1 rings (SSSR count). The van der Waals surface area contributed by atoms with E-state index in [0.717, 1.165) is 0 Å². The van der Waals surface area contributed by atoms with Crippen LogP contribution in [0.3, 0.4) is 0 Å². The largest absolute Gasteiger partial charge is 0.455 e. The second kappa shape index (κ2) is 5.64. The lowest BCUT2D eigenvalue weighted by Crippen LogP contribution is -2.36. The average molecular weight is 218 g/mol. The van der Waals surface area contributed by atoms with Crippen LogP contribution in [0.2, 0.25) is 0 Å².